The van der Waals surface area contributed by atoms with Crippen molar-refractivity contribution in [3.8, 4) is 0 Å². The first-order chi connectivity index (χ1) is 9.80. The fourth-order valence-corrected chi connectivity index (χ4v) is 2.56. The number of nitrogens with zero attached hydrogens (tertiary/aromatic N) is 1. The van der Waals surface area contributed by atoms with Crippen molar-refractivity contribution in [2.75, 3.05) is 12.4 Å². The molecule has 21 heavy (non-hydrogen) atoms. The summed E-state index contributed by atoms with van der Waals surface area (Å²) in [6, 6.07) is 3.02. The third kappa shape index (κ3) is 2.58. The van der Waals surface area contributed by atoms with E-state index in [0.717, 1.165) is 0 Å². The molecular formula is C14H16N2O5. The van der Waals surface area contributed by atoms with Gasteiger partial charge in [0, 0.05) is 6.20 Å². The quantitative estimate of drug-likeness (QED) is 0.807. The smallest absolute Gasteiger partial charge is 0.341 e. The number of carboxylic acids is 1. The molecule has 1 aromatic rings. The number of hydrogen-bond acceptors (Lipinski definition) is 5. The highest BCUT2D eigenvalue weighted by Gasteiger charge is 2.66. The molecule has 1 aliphatic rings. The summed E-state index contributed by atoms with van der Waals surface area (Å²) in [6.07, 6.45) is 1.43. The van der Waals surface area contributed by atoms with Gasteiger partial charge in [0.2, 0.25) is 5.91 Å². The highest BCUT2D eigenvalue weighted by Crippen LogP contribution is 2.58. The fraction of sp³-hybridized carbons (Fsp3) is 0.429. The van der Waals surface area contributed by atoms with E-state index in [4.69, 9.17) is 5.11 Å². The van der Waals surface area contributed by atoms with E-state index < -0.39 is 35.1 Å². The molecule has 1 aliphatic carbocycles. The van der Waals surface area contributed by atoms with Crippen LogP contribution in [0.4, 0.5) is 5.82 Å². The van der Waals surface area contributed by atoms with Crippen molar-refractivity contribution in [3.05, 3.63) is 23.9 Å². The number of hydrogen-bond donors (Lipinski definition) is 2. The maximum Gasteiger partial charge on any atom is 0.341 e. The molecule has 0 saturated heterocycles. The Kier molecular flexibility index (Phi) is 3.67. The molecule has 1 amide bonds. The van der Waals surface area contributed by atoms with Crippen LogP contribution in [0.2, 0.25) is 0 Å². The predicted molar refractivity (Wildman–Crippen MR) is 72.6 cm³/mol. The van der Waals surface area contributed by atoms with Gasteiger partial charge in [-0.25, -0.2) is 9.78 Å². The molecule has 0 unspecified atom stereocenters. The number of rotatable bonds is 4. The molecule has 2 atom stereocenters. The summed E-state index contributed by atoms with van der Waals surface area (Å²) in [5.74, 6) is -3.40. The molecule has 2 N–H and O–H groups in total. The van der Waals surface area contributed by atoms with Gasteiger partial charge in [-0.05, 0) is 17.5 Å². The normalized spacial score (nSPS) is 22.2. The summed E-state index contributed by atoms with van der Waals surface area (Å²) in [5, 5.41) is 11.6. The van der Waals surface area contributed by atoms with Gasteiger partial charge in [-0.1, -0.05) is 13.8 Å². The molecule has 1 saturated carbocycles. The Morgan fingerprint density at radius 3 is 2.52 bits per heavy atom. The van der Waals surface area contributed by atoms with Gasteiger partial charge in [-0.15, -0.1) is 0 Å². The zero-order valence-electron chi connectivity index (χ0n) is 11.9. The molecule has 0 spiro atoms. The van der Waals surface area contributed by atoms with Crippen LogP contribution in [0.5, 0.6) is 0 Å². The fourth-order valence-electron chi connectivity index (χ4n) is 2.56. The first kappa shape index (κ1) is 15.0. The Hall–Kier alpha value is -2.44. The number of pyridine rings is 1. The van der Waals surface area contributed by atoms with Crippen LogP contribution in [-0.4, -0.2) is 35.0 Å². The SMILES string of the molecule is COC(=O)c1cccnc1NC(=O)[C@H]1[C@@H](C(=O)O)C1(C)C. The van der Waals surface area contributed by atoms with Gasteiger partial charge in [-0.2, -0.15) is 0 Å². The lowest BCUT2D eigenvalue weighted by molar-refractivity contribution is -0.140. The number of carbonyl (C=O) groups is 3. The van der Waals surface area contributed by atoms with Gasteiger partial charge in [0.05, 0.1) is 18.9 Å². The Labute approximate surface area is 121 Å². The molecular weight excluding hydrogens is 276 g/mol. The van der Waals surface area contributed by atoms with E-state index >= 15 is 0 Å². The number of esters is 1. The number of methoxy groups -OCH3 is 1. The van der Waals surface area contributed by atoms with Gasteiger partial charge >= 0.3 is 11.9 Å². The van der Waals surface area contributed by atoms with E-state index in [9.17, 15) is 14.4 Å². The molecule has 2 rings (SSSR count). The summed E-state index contributed by atoms with van der Waals surface area (Å²) >= 11 is 0. The summed E-state index contributed by atoms with van der Waals surface area (Å²) in [6.45, 7) is 3.44. The highest BCUT2D eigenvalue weighted by atomic mass is 16.5. The third-order valence-corrected chi connectivity index (χ3v) is 3.83. The second kappa shape index (κ2) is 5.16. The summed E-state index contributed by atoms with van der Waals surface area (Å²) in [7, 11) is 1.23. The minimum absolute atomic E-state index is 0.0705. The van der Waals surface area contributed by atoms with E-state index in [1.807, 2.05) is 0 Å². The third-order valence-electron chi connectivity index (χ3n) is 3.83. The van der Waals surface area contributed by atoms with Gasteiger partial charge < -0.3 is 15.2 Å². The maximum atomic E-state index is 12.2. The van der Waals surface area contributed by atoms with Crippen LogP contribution >= 0.6 is 0 Å². The number of amides is 1. The van der Waals surface area contributed by atoms with Crippen LogP contribution in [0.3, 0.4) is 0 Å². The molecule has 0 aromatic carbocycles. The van der Waals surface area contributed by atoms with Crippen molar-refractivity contribution in [2.24, 2.45) is 17.3 Å². The topological polar surface area (TPSA) is 106 Å². The van der Waals surface area contributed by atoms with Gasteiger partial charge in [-0.3, -0.25) is 9.59 Å². The Morgan fingerprint density at radius 1 is 1.33 bits per heavy atom. The van der Waals surface area contributed by atoms with Gasteiger partial charge in [0.15, 0.2) is 0 Å². The average molecular weight is 292 g/mol. The van der Waals surface area contributed by atoms with Crippen LogP contribution in [0.25, 0.3) is 0 Å². The average Bonchev–Trinajstić information content (AvgIpc) is 3.02. The Balaban J connectivity index is 2.19. The Morgan fingerprint density at radius 2 is 2.00 bits per heavy atom. The molecule has 0 bridgehead atoms. The largest absolute Gasteiger partial charge is 0.481 e. The van der Waals surface area contributed by atoms with Crippen molar-refractivity contribution >= 4 is 23.7 Å². The van der Waals surface area contributed by atoms with E-state index in [0.29, 0.717) is 0 Å². The summed E-state index contributed by atoms with van der Waals surface area (Å²) < 4.78 is 4.61. The lowest BCUT2D eigenvalue weighted by Gasteiger charge is -2.08. The molecule has 112 valence electrons. The first-order valence-electron chi connectivity index (χ1n) is 6.37. The van der Waals surface area contributed by atoms with Crippen molar-refractivity contribution in [2.45, 2.75) is 13.8 Å². The van der Waals surface area contributed by atoms with Crippen LogP contribution in [0.15, 0.2) is 18.3 Å². The van der Waals surface area contributed by atoms with E-state index in [-0.39, 0.29) is 11.4 Å². The lowest BCUT2D eigenvalue weighted by atomic mass is 10.1. The zero-order valence-corrected chi connectivity index (χ0v) is 11.9. The van der Waals surface area contributed by atoms with Gasteiger partial charge in [0.25, 0.3) is 0 Å². The molecule has 1 heterocycles. The second-order valence-corrected chi connectivity index (χ2v) is 5.50. The van der Waals surface area contributed by atoms with Crippen LogP contribution < -0.4 is 5.32 Å². The number of aromatic nitrogens is 1. The van der Waals surface area contributed by atoms with E-state index in [1.165, 1.54) is 19.4 Å². The highest BCUT2D eigenvalue weighted by molar-refractivity contribution is 6.03. The number of carbonyl (C=O) groups excluding carboxylic acids is 2. The second-order valence-electron chi connectivity index (χ2n) is 5.50. The number of nitrogens with one attached hydrogen (secondary N) is 1. The van der Waals surface area contributed by atoms with E-state index in [2.05, 4.69) is 15.0 Å². The minimum Gasteiger partial charge on any atom is -0.481 e. The van der Waals surface area contributed by atoms with Crippen molar-refractivity contribution in [1.82, 2.24) is 4.98 Å². The number of anilines is 1. The molecule has 7 heteroatoms. The zero-order chi connectivity index (χ0) is 15.8. The predicted octanol–water partition coefficient (Wildman–Crippen LogP) is 1.16. The monoisotopic (exact) mass is 292 g/mol. The van der Waals surface area contributed by atoms with Crippen LogP contribution in [0, 0.1) is 17.3 Å². The number of aliphatic carboxylic acids is 1. The van der Waals surface area contributed by atoms with Gasteiger partial charge in [0.1, 0.15) is 11.4 Å². The van der Waals surface area contributed by atoms with Crippen molar-refractivity contribution in [3.63, 3.8) is 0 Å². The number of carboxylic acid groups (broad SMARTS) is 1. The molecule has 0 radical (unpaired) electrons. The Bertz CT molecular complexity index is 611. The minimum atomic E-state index is -1.01. The van der Waals surface area contributed by atoms with Crippen LogP contribution in [0.1, 0.15) is 24.2 Å². The molecule has 1 aromatic heterocycles. The summed E-state index contributed by atoms with van der Waals surface area (Å²) in [4.78, 5) is 38.8. The van der Waals surface area contributed by atoms with E-state index in [1.54, 1.807) is 19.9 Å². The first-order valence-corrected chi connectivity index (χ1v) is 6.37. The lowest BCUT2D eigenvalue weighted by Crippen LogP contribution is -2.20. The number of ether oxygens (including phenoxy) is 1. The molecule has 7 nitrogen and oxygen atoms in total. The van der Waals surface area contributed by atoms with Crippen molar-refractivity contribution < 1.29 is 24.2 Å². The molecule has 0 aliphatic heterocycles. The standard InChI is InChI=1S/C14H16N2O5/c1-14(2)8(9(14)12(18)19)11(17)16-10-7(13(20)21-3)5-4-6-15-10/h4-6,8-9H,1-3H3,(H,18,19)(H,15,16,17)/t8-,9+/m1/s1. The van der Waals surface area contributed by atoms with Crippen LogP contribution in [-0.2, 0) is 14.3 Å². The van der Waals surface area contributed by atoms with Crippen molar-refractivity contribution in [1.29, 1.82) is 0 Å². The maximum absolute atomic E-state index is 12.2. The summed E-state index contributed by atoms with van der Waals surface area (Å²) in [5.41, 5.74) is -0.491. The molecule has 1 fully saturated rings.